The minimum Gasteiger partial charge on any atom is -0.352 e. The second-order valence-electron chi connectivity index (χ2n) is 4.38. The summed E-state index contributed by atoms with van der Waals surface area (Å²) in [6, 6.07) is 1.63. The third-order valence-corrected chi connectivity index (χ3v) is 3.16. The number of amides is 1. The minimum atomic E-state index is -0.137. The summed E-state index contributed by atoms with van der Waals surface area (Å²) in [6.07, 6.45) is 10.4. The Hall–Kier alpha value is -1.09. The van der Waals surface area contributed by atoms with Gasteiger partial charge < -0.3 is 5.32 Å². The van der Waals surface area contributed by atoms with Crippen molar-refractivity contribution < 1.29 is 4.79 Å². The van der Waals surface area contributed by atoms with Crippen molar-refractivity contribution in [2.45, 2.75) is 45.4 Å². The molecule has 0 saturated carbocycles. The number of nitrogens with one attached hydrogen (secondary N) is 1. The first-order valence-electron chi connectivity index (χ1n) is 6.63. The van der Waals surface area contributed by atoms with Crippen LogP contribution in [0.5, 0.6) is 0 Å². The van der Waals surface area contributed by atoms with Gasteiger partial charge in [0, 0.05) is 18.9 Å². The molecule has 4 heteroatoms. The van der Waals surface area contributed by atoms with Crippen molar-refractivity contribution in [3.63, 3.8) is 0 Å². The summed E-state index contributed by atoms with van der Waals surface area (Å²) in [5, 5.41) is 3.32. The summed E-state index contributed by atoms with van der Waals surface area (Å²) in [7, 11) is 0. The molecule has 0 aromatic carbocycles. The molecule has 0 atom stereocenters. The molecule has 0 saturated heterocycles. The van der Waals surface area contributed by atoms with E-state index in [1.54, 1.807) is 12.3 Å². The van der Waals surface area contributed by atoms with Gasteiger partial charge in [-0.25, -0.2) is 0 Å². The Morgan fingerprint density at radius 2 is 2.00 bits per heavy atom. The fraction of sp³-hybridized carbons (Fsp3) is 0.571. The van der Waals surface area contributed by atoms with E-state index in [9.17, 15) is 4.79 Å². The van der Waals surface area contributed by atoms with Gasteiger partial charge in [-0.05, 0) is 12.5 Å². The fourth-order valence-corrected chi connectivity index (χ4v) is 1.94. The first-order chi connectivity index (χ1) is 8.75. The molecule has 100 valence electrons. The minimum absolute atomic E-state index is 0.137. The van der Waals surface area contributed by atoms with Gasteiger partial charge in [0.1, 0.15) is 0 Å². The number of hydrogen-bond donors (Lipinski definition) is 1. The van der Waals surface area contributed by atoms with Crippen LogP contribution in [0.25, 0.3) is 0 Å². The monoisotopic (exact) mass is 268 g/mol. The summed E-state index contributed by atoms with van der Waals surface area (Å²) < 4.78 is 0. The zero-order valence-corrected chi connectivity index (χ0v) is 11.7. The molecular weight excluding hydrogens is 248 g/mol. The predicted molar refractivity (Wildman–Crippen MR) is 75.0 cm³/mol. The number of unbranched alkanes of at least 4 members (excludes halogenated alkanes) is 5. The number of nitrogens with zero attached hydrogens (tertiary/aromatic N) is 1. The molecule has 0 spiro atoms. The fourth-order valence-electron chi connectivity index (χ4n) is 1.75. The van der Waals surface area contributed by atoms with Crippen LogP contribution in [0.1, 0.15) is 55.8 Å². The van der Waals surface area contributed by atoms with E-state index in [4.69, 9.17) is 11.6 Å². The van der Waals surface area contributed by atoms with Gasteiger partial charge in [0.15, 0.2) is 0 Å². The topological polar surface area (TPSA) is 42.0 Å². The van der Waals surface area contributed by atoms with Crippen LogP contribution in [0, 0.1) is 0 Å². The highest BCUT2D eigenvalue weighted by Crippen LogP contribution is 2.13. The van der Waals surface area contributed by atoms with Crippen LogP contribution in [-0.2, 0) is 0 Å². The second kappa shape index (κ2) is 8.92. The van der Waals surface area contributed by atoms with Crippen molar-refractivity contribution in [2.24, 2.45) is 0 Å². The molecule has 0 bridgehead atoms. The van der Waals surface area contributed by atoms with Crippen molar-refractivity contribution in [1.29, 1.82) is 0 Å². The first kappa shape index (κ1) is 15.0. The summed E-state index contributed by atoms with van der Waals surface area (Å²) in [5.41, 5.74) is 0.449. The van der Waals surface area contributed by atoms with Gasteiger partial charge >= 0.3 is 0 Å². The molecule has 0 unspecified atom stereocenters. The Bertz CT molecular complexity index is 369. The van der Waals surface area contributed by atoms with Crippen molar-refractivity contribution >= 4 is 17.5 Å². The number of aromatic nitrogens is 1. The molecule has 0 fully saturated rings. The zero-order valence-electron chi connectivity index (χ0n) is 10.9. The third-order valence-electron chi connectivity index (χ3n) is 2.83. The Morgan fingerprint density at radius 1 is 1.28 bits per heavy atom. The van der Waals surface area contributed by atoms with Gasteiger partial charge in [0.25, 0.3) is 5.91 Å². The van der Waals surface area contributed by atoms with Crippen molar-refractivity contribution in [2.75, 3.05) is 6.54 Å². The molecule has 1 aromatic heterocycles. The number of halogens is 1. The molecule has 1 amide bonds. The SMILES string of the molecule is CCCCCCCCNC(=O)c1cnccc1Cl. The average molecular weight is 269 g/mol. The maximum Gasteiger partial charge on any atom is 0.254 e. The summed E-state index contributed by atoms with van der Waals surface area (Å²) in [5.74, 6) is -0.137. The largest absolute Gasteiger partial charge is 0.352 e. The molecule has 0 aliphatic carbocycles. The number of carbonyl (C=O) groups is 1. The van der Waals surface area contributed by atoms with Crippen molar-refractivity contribution in [1.82, 2.24) is 10.3 Å². The lowest BCUT2D eigenvalue weighted by Gasteiger charge is -2.06. The van der Waals surface area contributed by atoms with Gasteiger partial charge in [-0.2, -0.15) is 0 Å². The lowest BCUT2D eigenvalue weighted by atomic mass is 10.1. The number of rotatable bonds is 8. The van der Waals surface area contributed by atoms with Crippen LogP contribution >= 0.6 is 11.6 Å². The van der Waals surface area contributed by atoms with E-state index in [0.717, 1.165) is 6.42 Å². The molecule has 1 N–H and O–H groups in total. The van der Waals surface area contributed by atoms with Gasteiger partial charge in [-0.3, -0.25) is 9.78 Å². The van der Waals surface area contributed by atoms with E-state index in [-0.39, 0.29) is 5.91 Å². The molecular formula is C14H21ClN2O. The highest BCUT2D eigenvalue weighted by atomic mass is 35.5. The van der Waals surface area contributed by atoms with E-state index in [2.05, 4.69) is 17.2 Å². The molecule has 1 rings (SSSR count). The Morgan fingerprint density at radius 3 is 2.72 bits per heavy atom. The lowest BCUT2D eigenvalue weighted by molar-refractivity contribution is 0.0952. The highest BCUT2D eigenvalue weighted by molar-refractivity contribution is 6.33. The standard InChI is InChI=1S/C14H21ClN2O/c1-2-3-4-5-6-7-9-17-14(18)12-11-16-10-8-13(12)15/h8,10-11H,2-7,9H2,1H3,(H,17,18). The van der Waals surface area contributed by atoms with E-state index in [1.807, 2.05) is 0 Å². The third kappa shape index (κ3) is 5.50. The maximum atomic E-state index is 11.8. The smallest absolute Gasteiger partial charge is 0.254 e. The highest BCUT2D eigenvalue weighted by Gasteiger charge is 2.08. The number of hydrogen-bond acceptors (Lipinski definition) is 2. The molecule has 3 nitrogen and oxygen atoms in total. The van der Waals surface area contributed by atoms with Gasteiger partial charge in [0.05, 0.1) is 10.6 Å². The first-order valence-corrected chi connectivity index (χ1v) is 7.01. The van der Waals surface area contributed by atoms with Gasteiger partial charge in [-0.1, -0.05) is 50.6 Å². The summed E-state index contributed by atoms with van der Waals surface area (Å²) in [4.78, 5) is 15.7. The Kier molecular flexibility index (Phi) is 7.42. The van der Waals surface area contributed by atoms with Crippen LogP contribution < -0.4 is 5.32 Å². The maximum absolute atomic E-state index is 11.8. The van der Waals surface area contributed by atoms with Crippen LogP contribution in [0.3, 0.4) is 0 Å². The van der Waals surface area contributed by atoms with Crippen molar-refractivity contribution in [3.8, 4) is 0 Å². The van der Waals surface area contributed by atoms with Crippen molar-refractivity contribution in [3.05, 3.63) is 29.0 Å². The number of carbonyl (C=O) groups excluding carboxylic acids is 1. The molecule has 0 aliphatic heterocycles. The van der Waals surface area contributed by atoms with Gasteiger partial charge in [-0.15, -0.1) is 0 Å². The number of pyridine rings is 1. The lowest BCUT2D eigenvalue weighted by Crippen LogP contribution is -2.24. The predicted octanol–water partition coefficient (Wildman–Crippen LogP) is 3.83. The molecule has 18 heavy (non-hydrogen) atoms. The van der Waals surface area contributed by atoms with Crippen LogP contribution in [0.4, 0.5) is 0 Å². The Balaban J connectivity index is 2.16. The Labute approximate surface area is 114 Å². The molecule has 1 aromatic rings. The normalized spacial score (nSPS) is 10.3. The van der Waals surface area contributed by atoms with Crippen LogP contribution in [0.15, 0.2) is 18.5 Å². The molecule has 1 heterocycles. The second-order valence-corrected chi connectivity index (χ2v) is 4.79. The average Bonchev–Trinajstić information content (AvgIpc) is 2.38. The van der Waals surface area contributed by atoms with Gasteiger partial charge in [0.2, 0.25) is 0 Å². The molecule has 0 radical (unpaired) electrons. The van der Waals surface area contributed by atoms with E-state index in [1.165, 1.54) is 38.3 Å². The van der Waals surface area contributed by atoms with E-state index < -0.39 is 0 Å². The quantitative estimate of drug-likeness (QED) is 0.728. The summed E-state index contributed by atoms with van der Waals surface area (Å²) >= 11 is 5.92. The van der Waals surface area contributed by atoms with E-state index in [0.29, 0.717) is 17.1 Å². The van der Waals surface area contributed by atoms with E-state index >= 15 is 0 Å². The zero-order chi connectivity index (χ0) is 13.2. The van der Waals surface area contributed by atoms with Crippen LogP contribution in [-0.4, -0.2) is 17.4 Å². The summed E-state index contributed by atoms with van der Waals surface area (Å²) in [6.45, 7) is 2.91. The molecule has 0 aliphatic rings. The van der Waals surface area contributed by atoms with Crippen LogP contribution in [0.2, 0.25) is 5.02 Å².